The van der Waals surface area contributed by atoms with Gasteiger partial charge in [-0.2, -0.15) is 0 Å². The van der Waals surface area contributed by atoms with Crippen LogP contribution in [0.4, 0.5) is 11.4 Å². The molecule has 1 aromatic heterocycles. The Bertz CT molecular complexity index is 621. The van der Waals surface area contributed by atoms with Gasteiger partial charge in [-0.25, -0.2) is 0 Å². The predicted molar refractivity (Wildman–Crippen MR) is 83.2 cm³/mol. The second kappa shape index (κ2) is 5.83. The van der Waals surface area contributed by atoms with Gasteiger partial charge in [0.2, 0.25) is 0 Å². The van der Waals surface area contributed by atoms with Crippen molar-refractivity contribution in [1.82, 2.24) is 9.88 Å². The van der Waals surface area contributed by atoms with Gasteiger partial charge in [-0.3, -0.25) is 9.78 Å². The molecule has 2 N–H and O–H groups in total. The Morgan fingerprint density at radius 2 is 1.76 bits per heavy atom. The zero-order valence-electron chi connectivity index (χ0n) is 11.8. The molecule has 1 aliphatic heterocycles. The maximum absolute atomic E-state index is 12.4. The molecule has 1 fully saturated rings. The third-order valence-corrected chi connectivity index (χ3v) is 3.73. The highest BCUT2D eigenvalue weighted by Crippen LogP contribution is 2.19. The molecule has 2 aromatic rings. The standard InChI is InChI=1S/C16H18N4O/c17-14-2-1-3-15(12-14)19-8-10-20(11-9-19)16(21)13-4-6-18-7-5-13/h1-7,12H,8-11,17H2. The Morgan fingerprint density at radius 3 is 2.43 bits per heavy atom. The summed E-state index contributed by atoms with van der Waals surface area (Å²) < 4.78 is 0. The molecule has 21 heavy (non-hydrogen) atoms. The minimum atomic E-state index is 0.0737. The number of amides is 1. The zero-order chi connectivity index (χ0) is 14.7. The molecule has 0 bridgehead atoms. The first kappa shape index (κ1) is 13.4. The highest BCUT2D eigenvalue weighted by Gasteiger charge is 2.22. The maximum atomic E-state index is 12.4. The highest BCUT2D eigenvalue weighted by molar-refractivity contribution is 5.94. The van der Waals surface area contributed by atoms with E-state index >= 15 is 0 Å². The monoisotopic (exact) mass is 282 g/mol. The van der Waals surface area contributed by atoms with Crippen LogP contribution in [0.15, 0.2) is 48.8 Å². The van der Waals surface area contributed by atoms with Gasteiger partial charge in [0, 0.05) is 55.5 Å². The van der Waals surface area contributed by atoms with Crippen LogP contribution < -0.4 is 10.6 Å². The van der Waals surface area contributed by atoms with E-state index < -0.39 is 0 Å². The number of nitrogens with two attached hydrogens (primary N) is 1. The Labute approximate surface area is 124 Å². The summed E-state index contributed by atoms with van der Waals surface area (Å²) >= 11 is 0. The Morgan fingerprint density at radius 1 is 1.05 bits per heavy atom. The van der Waals surface area contributed by atoms with Crippen LogP contribution in [-0.4, -0.2) is 42.0 Å². The van der Waals surface area contributed by atoms with Gasteiger partial charge >= 0.3 is 0 Å². The van der Waals surface area contributed by atoms with Crippen molar-refractivity contribution in [2.24, 2.45) is 0 Å². The van der Waals surface area contributed by atoms with E-state index in [-0.39, 0.29) is 5.91 Å². The summed E-state index contributed by atoms with van der Waals surface area (Å²) in [6.07, 6.45) is 3.30. The van der Waals surface area contributed by atoms with Gasteiger partial charge in [0.05, 0.1) is 0 Å². The number of rotatable bonds is 2. The number of aromatic nitrogens is 1. The van der Waals surface area contributed by atoms with E-state index in [2.05, 4.69) is 16.0 Å². The molecule has 3 rings (SSSR count). The fraction of sp³-hybridized carbons (Fsp3) is 0.250. The molecule has 0 radical (unpaired) electrons. The fourth-order valence-corrected chi connectivity index (χ4v) is 2.57. The van der Waals surface area contributed by atoms with Crippen molar-refractivity contribution in [2.45, 2.75) is 0 Å². The molecule has 5 heteroatoms. The average Bonchev–Trinajstić information content (AvgIpc) is 2.55. The summed E-state index contributed by atoms with van der Waals surface area (Å²) in [6, 6.07) is 11.4. The number of hydrogen-bond donors (Lipinski definition) is 1. The van der Waals surface area contributed by atoms with E-state index in [4.69, 9.17) is 5.73 Å². The Kier molecular flexibility index (Phi) is 3.73. The molecule has 0 atom stereocenters. The average molecular weight is 282 g/mol. The second-order valence-electron chi connectivity index (χ2n) is 5.11. The van der Waals surface area contributed by atoms with Crippen molar-refractivity contribution in [3.8, 4) is 0 Å². The van der Waals surface area contributed by atoms with Gasteiger partial charge in [-0.15, -0.1) is 0 Å². The molecule has 108 valence electrons. The van der Waals surface area contributed by atoms with Gasteiger partial charge in [-0.05, 0) is 30.3 Å². The Hall–Kier alpha value is -2.56. The summed E-state index contributed by atoms with van der Waals surface area (Å²) in [5.74, 6) is 0.0737. The first-order chi connectivity index (χ1) is 10.2. The molecular formula is C16H18N4O. The highest BCUT2D eigenvalue weighted by atomic mass is 16.2. The molecule has 0 unspecified atom stereocenters. The number of pyridine rings is 1. The van der Waals surface area contributed by atoms with E-state index in [1.165, 1.54) is 0 Å². The van der Waals surface area contributed by atoms with Crippen molar-refractivity contribution in [3.63, 3.8) is 0 Å². The van der Waals surface area contributed by atoms with Gasteiger partial charge < -0.3 is 15.5 Å². The number of hydrogen-bond acceptors (Lipinski definition) is 4. The molecule has 1 aromatic carbocycles. The summed E-state index contributed by atoms with van der Waals surface area (Å²) in [6.45, 7) is 3.08. The molecule has 0 aliphatic carbocycles. The maximum Gasteiger partial charge on any atom is 0.254 e. The molecule has 5 nitrogen and oxygen atoms in total. The molecule has 1 amide bonds. The van der Waals surface area contributed by atoms with Gasteiger partial charge in [-0.1, -0.05) is 6.07 Å². The number of piperazine rings is 1. The smallest absolute Gasteiger partial charge is 0.254 e. The number of nitrogens with zero attached hydrogens (tertiary/aromatic N) is 3. The van der Waals surface area contributed by atoms with Crippen LogP contribution in [0.25, 0.3) is 0 Å². The summed E-state index contributed by atoms with van der Waals surface area (Å²) in [5.41, 5.74) is 8.40. The van der Waals surface area contributed by atoms with Crippen molar-refractivity contribution >= 4 is 17.3 Å². The number of carbonyl (C=O) groups is 1. The fourth-order valence-electron chi connectivity index (χ4n) is 2.57. The number of nitrogen functional groups attached to an aromatic ring is 1. The second-order valence-corrected chi connectivity index (χ2v) is 5.11. The van der Waals surface area contributed by atoms with Gasteiger partial charge in [0.15, 0.2) is 0 Å². The molecule has 1 aliphatic rings. The van der Waals surface area contributed by atoms with E-state index in [1.54, 1.807) is 24.5 Å². The van der Waals surface area contributed by atoms with Crippen LogP contribution in [0.3, 0.4) is 0 Å². The van der Waals surface area contributed by atoms with Crippen molar-refractivity contribution in [2.75, 3.05) is 36.8 Å². The van der Waals surface area contributed by atoms with E-state index in [0.717, 1.165) is 37.6 Å². The molecule has 1 saturated heterocycles. The zero-order valence-corrected chi connectivity index (χ0v) is 11.8. The molecule has 0 saturated carbocycles. The third-order valence-electron chi connectivity index (χ3n) is 3.73. The van der Waals surface area contributed by atoms with Crippen LogP contribution in [0, 0.1) is 0 Å². The van der Waals surface area contributed by atoms with Crippen LogP contribution >= 0.6 is 0 Å². The molecular weight excluding hydrogens is 264 g/mol. The van der Waals surface area contributed by atoms with Gasteiger partial charge in [0.1, 0.15) is 0 Å². The largest absolute Gasteiger partial charge is 0.399 e. The number of carbonyl (C=O) groups excluding carboxylic acids is 1. The van der Waals surface area contributed by atoms with Crippen molar-refractivity contribution < 1.29 is 4.79 Å². The van der Waals surface area contributed by atoms with E-state index in [9.17, 15) is 4.79 Å². The third kappa shape index (κ3) is 2.97. The van der Waals surface area contributed by atoms with Crippen molar-refractivity contribution in [3.05, 3.63) is 54.4 Å². The van der Waals surface area contributed by atoms with Gasteiger partial charge in [0.25, 0.3) is 5.91 Å². The lowest BCUT2D eigenvalue weighted by atomic mass is 10.2. The lowest BCUT2D eigenvalue weighted by Crippen LogP contribution is -2.48. The lowest BCUT2D eigenvalue weighted by molar-refractivity contribution is 0.0746. The topological polar surface area (TPSA) is 62.5 Å². The van der Waals surface area contributed by atoms with Crippen LogP contribution in [0.5, 0.6) is 0 Å². The molecule has 2 heterocycles. The quantitative estimate of drug-likeness (QED) is 0.850. The van der Waals surface area contributed by atoms with Crippen LogP contribution in [-0.2, 0) is 0 Å². The SMILES string of the molecule is Nc1cccc(N2CCN(C(=O)c3ccncc3)CC2)c1. The molecule has 0 spiro atoms. The minimum Gasteiger partial charge on any atom is -0.399 e. The predicted octanol–water partition coefficient (Wildman–Crippen LogP) is 1.63. The lowest BCUT2D eigenvalue weighted by Gasteiger charge is -2.36. The van der Waals surface area contributed by atoms with Crippen LogP contribution in [0.1, 0.15) is 10.4 Å². The number of benzene rings is 1. The minimum absolute atomic E-state index is 0.0737. The first-order valence-electron chi connectivity index (χ1n) is 7.04. The summed E-state index contributed by atoms with van der Waals surface area (Å²) in [5, 5.41) is 0. The summed E-state index contributed by atoms with van der Waals surface area (Å²) in [7, 11) is 0. The van der Waals surface area contributed by atoms with E-state index in [1.807, 2.05) is 23.1 Å². The van der Waals surface area contributed by atoms with E-state index in [0.29, 0.717) is 5.56 Å². The van der Waals surface area contributed by atoms with Crippen LogP contribution in [0.2, 0.25) is 0 Å². The number of anilines is 2. The first-order valence-corrected chi connectivity index (χ1v) is 7.04. The summed E-state index contributed by atoms with van der Waals surface area (Å²) in [4.78, 5) is 20.4. The Balaban J connectivity index is 1.64. The normalized spacial score (nSPS) is 15.0. The van der Waals surface area contributed by atoms with Crippen molar-refractivity contribution in [1.29, 1.82) is 0 Å².